The van der Waals surface area contributed by atoms with Gasteiger partial charge >= 0.3 is 5.97 Å². The number of methoxy groups -OCH3 is 1. The highest BCUT2D eigenvalue weighted by molar-refractivity contribution is 5.68. The lowest BCUT2D eigenvalue weighted by Crippen LogP contribution is -2.48. The molecule has 4 heteroatoms. The first-order valence-corrected chi connectivity index (χ1v) is 6.56. The molecule has 0 aliphatic rings. The maximum Gasteiger partial charge on any atom is 0.305 e. The zero-order valence-electron chi connectivity index (χ0n) is 11.9. The molecule has 0 amide bonds. The van der Waals surface area contributed by atoms with E-state index >= 15 is 0 Å². The van der Waals surface area contributed by atoms with E-state index in [4.69, 9.17) is 0 Å². The van der Waals surface area contributed by atoms with Crippen LogP contribution >= 0.6 is 0 Å². The number of ether oxygens (including phenoxy) is 1. The van der Waals surface area contributed by atoms with Crippen molar-refractivity contribution < 1.29 is 19.5 Å². The maximum atomic E-state index is 10.9. The number of hydrogen-bond acceptors (Lipinski definition) is 3. The van der Waals surface area contributed by atoms with Crippen LogP contribution in [0, 0.1) is 0 Å². The van der Waals surface area contributed by atoms with Crippen molar-refractivity contribution in [3.63, 3.8) is 0 Å². The van der Waals surface area contributed by atoms with Crippen LogP contribution in [0.1, 0.15) is 46.5 Å². The van der Waals surface area contributed by atoms with Crippen molar-refractivity contribution in [1.82, 2.24) is 0 Å². The molecular weight excluding hydrogens is 218 g/mol. The van der Waals surface area contributed by atoms with Crippen molar-refractivity contribution in [3.05, 3.63) is 0 Å². The average Bonchev–Trinajstić information content (AvgIpc) is 2.34. The van der Waals surface area contributed by atoms with Gasteiger partial charge in [-0.15, -0.1) is 0 Å². The van der Waals surface area contributed by atoms with E-state index in [1.54, 1.807) is 0 Å². The second kappa shape index (κ2) is 10.5. The quantitative estimate of drug-likeness (QED) is 0.357. The molecule has 0 spiro atoms. The molecule has 0 aliphatic heterocycles. The van der Waals surface area contributed by atoms with Crippen molar-refractivity contribution in [2.24, 2.45) is 0 Å². The van der Waals surface area contributed by atoms with Crippen LogP contribution in [-0.2, 0) is 9.53 Å². The number of carbonyl (C=O) groups excluding carboxylic acids is 1. The predicted octanol–water partition coefficient (Wildman–Crippen LogP) is 2.42. The van der Waals surface area contributed by atoms with Crippen LogP contribution in [0.4, 0.5) is 0 Å². The topological polar surface area (TPSA) is 56.3 Å². The SMILES string of the molecule is CC[N+](CC)(CC)CCCCCC(=O)OC.[OH-]. The minimum absolute atomic E-state index is 0. The van der Waals surface area contributed by atoms with Crippen LogP contribution in [0.15, 0.2) is 0 Å². The second-order valence-electron chi connectivity index (χ2n) is 4.40. The first-order valence-electron chi connectivity index (χ1n) is 6.56. The summed E-state index contributed by atoms with van der Waals surface area (Å²) in [5.41, 5.74) is 0. The van der Waals surface area contributed by atoms with Gasteiger partial charge < -0.3 is 14.7 Å². The molecule has 0 aliphatic carbocycles. The van der Waals surface area contributed by atoms with Gasteiger partial charge in [0.15, 0.2) is 0 Å². The lowest BCUT2D eigenvalue weighted by atomic mass is 10.1. The van der Waals surface area contributed by atoms with Crippen molar-refractivity contribution in [2.45, 2.75) is 46.5 Å². The summed E-state index contributed by atoms with van der Waals surface area (Å²) in [6.45, 7) is 11.7. The first-order chi connectivity index (χ1) is 7.64. The van der Waals surface area contributed by atoms with E-state index in [2.05, 4.69) is 25.5 Å². The summed E-state index contributed by atoms with van der Waals surface area (Å²) in [7, 11) is 1.45. The van der Waals surface area contributed by atoms with Crippen molar-refractivity contribution in [3.8, 4) is 0 Å². The summed E-state index contributed by atoms with van der Waals surface area (Å²) in [4.78, 5) is 10.9. The molecule has 17 heavy (non-hydrogen) atoms. The third-order valence-corrected chi connectivity index (χ3v) is 3.75. The average molecular weight is 247 g/mol. The van der Waals surface area contributed by atoms with E-state index in [1.165, 1.54) is 44.2 Å². The van der Waals surface area contributed by atoms with E-state index in [1.807, 2.05) is 0 Å². The number of rotatable bonds is 9. The summed E-state index contributed by atoms with van der Waals surface area (Å²) < 4.78 is 5.82. The number of unbranched alkanes of at least 4 members (excludes halogenated alkanes) is 2. The molecule has 1 N–H and O–H groups in total. The molecular formula is C13H29NO3. The van der Waals surface area contributed by atoms with Crippen molar-refractivity contribution >= 4 is 5.97 Å². The van der Waals surface area contributed by atoms with Gasteiger partial charge in [-0.25, -0.2) is 0 Å². The van der Waals surface area contributed by atoms with Gasteiger partial charge in [0.2, 0.25) is 0 Å². The lowest BCUT2D eigenvalue weighted by Gasteiger charge is -2.35. The fourth-order valence-electron chi connectivity index (χ4n) is 2.14. The molecule has 0 aromatic heterocycles. The van der Waals surface area contributed by atoms with Gasteiger partial charge in [-0.3, -0.25) is 4.79 Å². The highest BCUT2D eigenvalue weighted by Crippen LogP contribution is 2.10. The summed E-state index contributed by atoms with van der Waals surface area (Å²) in [6, 6.07) is 0. The Morgan fingerprint density at radius 2 is 1.53 bits per heavy atom. The number of quaternary nitrogens is 1. The molecule has 0 fully saturated rings. The van der Waals surface area contributed by atoms with Gasteiger partial charge in [-0.05, 0) is 40.0 Å². The van der Waals surface area contributed by atoms with Crippen LogP contribution in [-0.4, -0.2) is 49.2 Å². The van der Waals surface area contributed by atoms with Crippen LogP contribution in [0.25, 0.3) is 0 Å². The Bertz CT molecular complexity index is 183. The third kappa shape index (κ3) is 7.34. The molecule has 0 radical (unpaired) electrons. The van der Waals surface area contributed by atoms with E-state index in [-0.39, 0.29) is 11.4 Å². The van der Waals surface area contributed by atoms with E-state index < -0.39 is 0 Å². The zero-order chi connectivity index (χ0) is 12.4. The molecule has 0 aromatic rings. The second-order valence-corrected chi connectivity index (χ2v) is 4.40. The lowest BCUT2D eigenvalue weighted by molar-refractivity contribution is -0.923. The standard InChI is InChI=1S/C13H28NO2.H2O/c1-5-14(6-2,7-3)12-10-8-9-11-13(15)16-4;/h5-12H2,1-4H3;1H2/q+1;/p-1. The third-order valence-electron chi connectivity index (χ3n) is 3.75. The Labute approximate surface area is 106 Å². The van der Waals surface area contributed by atoms with Crippen LogP contribution in [0.3, 0.4) is 0 Å². The molecule has 0 heterocycles. The number of hydrogen-bond donors (Lipinski definition) is 0. The van der Waals surface area contributed by atoms with Gasteiger partial charge in [-0.1, -0.05) is 0 Å². The maximum absolute atomic E-state index is 10.9. The van der Waals surface area contributed by atoms with Crippen LogP contribution in [0.2, 0.25) is 0 Å². The Hall–Kier alpha value is -0.610. The number of nitrogens with zero attached hydrogens (tertiary/aromatic N) is 1. The molecule has 0 atom stereocenters. The Morgan fingerprint density at radius 3 is 1.94 bits per heavy atom. The summed E-state index contributed by atoms with van der Waals surface area (Å²) in [5.74, 6) is -0.0813. The summed E-state index contributed by atoms with van der Waals surface area (Å²) in [6.07, 6.45) is 3.88. The van der Waals surface area contributed by atoms with Crippen molar-refractivity contribution in [1.29, 1.82) is 0 Å². The van der Waals surface area contributed by atoms with Gasteiger partial charge in [0, 0.05) is 6.42 Å². The molecule has 0 aromatic carbocycles. The Kier molecular flexibility index (Phi) is 11.6. The smallest absolute Gasteiger partial charge is 0.305 e. The molecule has 0 saturated heterocycles. The Morgan fingerprint density at radius 1 is 1.00 bits per heavy atom. The highest BCUT2D eigenvalue weighted by Gasteiger charge is 2.19. The van der Waals surface area contributed by atoms with Gasteiger partial charge in [0.05, 0.1) is 33.3 Å². The summed E-state index contributed by atoms with van der Waals surface area (Å²) >= 11 is 0. The summed E-state index contributed by atoms with van der Waals surface area (Å²) in [5, 5.41) is 0. The Balaban J connectivity index is 0. The largest absolute Gasteiger partial charge is 0.870 e. The molecule has 0 saturated carbocycles. The molecule has 4 nitrogen and oxygen atoms in total. The van der Waals surface area contributed by atoms with E-state index in [0.29, 0.717) is 6.42 Å². The minimum Gasteiger partial charge on any atom is -0.870 e. The highest BCUT2D eigenvalue weighted by atomic mass is 16.5. The van der Waals surface area contributed by atoms with Crippen LogP contribution in [0.5, 0.6) is 0 Å². The molecule has 0 unspecified atom stereocenters. The number of esters is 1. The molecule has 0 bridgehead atoms. The van der Waals surface area contributed by atoms with Gasteiger partial charge in [0.1, 0.15) is 0 Å². The zero-order valence-corrected chi connectivity index (χ0v) is 11.9. The van der Waals surface area contributed by atoms with Crippen LogP contribution < -0.4 is 0 Å². The van der Waals surface area contributed by atoms with Gasteiger partial charge in [-0.2, -0.15) is 0 Å². The van der Waals surface area contributed by atoms with E-state index in [9.17, 15) is 4.79 Å². The first kappa shape index (κ1) is 18.7. The fourth-order valence-corrected chi connectivity index (χ4v) is 2.14. The predicted molar refractivity (Wildman–Crippen MR) is 69.2 cm³/mol. The van der Waals surface area contributed by atoms with E-state index in [0.717, 1.165) is 12.8 Å². The number of carbonyl (C=O) groups is 1. The monoisotopic (exact) mass is 247 g/mol. The van der Waals surface area contributed by atoms with Gasteiger partial charge in [0.25, 0.3) is 0 Å². The molecule has 0 rings (SSSR count). The van der Waals surface area contributed by atoms with Crippen molar-refractivity contribution in [2.75, 3.05) is 33.3 Å². The fraction of sp³-hybridized carbons (Fsp3) is 0.923. The minimum atomic E-state index is -0.0813. The molecule has 104 valence electrons. The normalized spacial score (nSPS) is 10.8.